The van der Waals surface area contributed by atoms with Gasteiger partial charge in [-0.3, -0.25) is 0 Å². The topological polar surface area (TPSA) is 0 Å². The highest BCUT2D eigenvalue weighted by molar-refractivity contribution is 6.80. The monoisotopic (exact) mass is 386 g/mol. The van der Waals surface area contributed by atoms with Gasteiger partial charge in [0, 0.05) is 0 Å². The third-order valence-electron chi connectivity index (χ3n) is 11.0. The molecular formula is C26H46Si. The van der Waals surface area contributed by atoms with Crippen LogP contribution >= 0.6 is 0 Å². The Labute approximate surface area is 170 Å². The molecule has 0 amide bonds. The van der Waals surface area contributed by atoms with Gasteiger partial charge in [0.25, 0.3) is 0 Å². The van der Waals surface area contributed by atoms with E-state index in [1.165, 1.54) is 12.0 Å². The SMILES string of the molecule is CC1CC2C(CC3CCCC3C2C2CCCCC2)C1[Si](C)(C)C1CCCC1. The first kappa shape index (κ1) is 19.2. The van der Waals surface area contributed by atoms with Gasteiger partial charge in [0.05, 0.1) is 8.07 Å². The predicted octanol–water partition coefficient (Wildman–Crippen LogP) is 8.30. The summed E-state index contributed by atoms with van der Waals surface area (Å²) >= 11 is 0. The summed E-state index contributed by atoms with van der Waals surface area (Å²) in [6.07, 6.45) is 22.2. The van der Waals surface area contributed by atoms with Crippen LogP contribution < -0.4 is 0 Å². The van der Waals surface area contributed by atoms with Crippen molar-refractivity contribution in [2.24, 2.45) is 41.4 Å². The molecule has 0 heterocycles. The molecule has 27 heavy (non-hydrogen) atoms. The second kappa shape index (κ2) is 7.48. The molecule has 0 aromatic heterocycles. The Morgan fingerprint density at radius 1 is 0.593 bits per heavy atom. The molecule has 0 aromatic carbocycles. The summed E-state index contributed by atoms with van der Waals surface area (Å²) in [7, 11) is -1.13. The molecule has 0 spiro atoms. The molecule has 5 saturated carbocycles. The molecule has 0 saturated heterocycles. The van der Waals surface area contributed by atoms with Crippen molar-refractivity contribution in [2.45, 2.75) is 121 Å². The maximum atomic E-state index is 2.85. The summed E-state index contributed by atoms with van der Waals surface area (Å²) in [6, 6.07) is 0. The van der Waals surface area contributed by atoms with Crippen LogP contribution in [0.2, 0.25) is 24.2 Å². The zero-order chi connectivity index (χ0) is 18.6. The molecule has 0 radical (unpaired) electrons. The minimum Gasteiger partial charge on any atom is -0.0689 e. The van der Waals surface area contributed by atoms with Crippen LogP contribution in [0.5, 0.6) is 0 Å². The average Bonchev–Trinajstić information content (AvgIpc) is 3.39. The van der Waals surface area contributed by atoms with Crippen molar-refractivity contribution in [3.05, 3.63) is 0 Å². The first-order valence-electron chi connectivity index (χ1n) is 13.1. The minimum atomic E-state index is -1.13. The molecule has 7 unspecified atom stereocenters. The summed E-state index contributed by atoms with van der Waals surface area (Å²) in [5.74, 6) is 7.90. The Bertz CT molecular complexity index is 512. The number of rotatable bonds is 3. The molecule has 0 N–H and O–H groups in total. The number of hydrogen-bond donors (Lipinski definition) is 0. The number of fused-ring (bicyclic) bond motifs is 2. The largest absolute Gasteiger partial charge is 0.0689 e. The molecule has 1 heteroatoms. The lowest BCUT2D eigenvalue weighted by atomic mass is 9.58. The van der Waals surface area contributed by atoms with Crippen LogP contribution in [0.1, 0.15) is 96.8 Å². The van der Waals surface area contributed by atoms with Crippen LogP contribution in [0.4, 0.5) is 0 Å². The third-order valence-corrected chi connectivity index (χ3v) is 16.4. The Morgan fingerprint density at radius 2 is 1.26 bits per heavy atom. The van der Waals surface area contributed by atoms with Crippen LogP contribution in [0.25, 0.3) is 0 Å². The van der Waals surface area contributed by atoms with E-state index in [1.807, 2.05) is 0 Å². The summed E-state index contributed by atoms with van der Waals surface area (Å²) in [5.41, 5.74) is 2.33. The Kier molecular flexibility index (Phi) is 5.32. The maximum Gasteiger partial charge on any atom is 0.0541 e. The second-order valence-corrected chi connectivity index (χ2v) is 17.6. The summed E-state index contributed by atoms with van der Waals surface area (Å²) in [6.45, 7) is 8.41. The van der Waals surface area contributed by atoms with Crippen molar-refractivity contribution < 1.29 is 0 Å². The predicted molar refractivity (Wildman–Crippen MR) is 120 cm³/mol. The van der Waals surface area contributed by atoms with E-state index >= 15 is 0 Å². The quantitative estimate of drug-likeness (QED) is 0.428. The molecule has 0 nitrogen and oxygen atoms in total. The summed E-state index contributed by atoms with van der Waals surface area (Å²) in [4.78, 5) is 0. The van der Waals surface area contributed by atoms with Gasteiger partial charge in [-0.2, -0.15) is 0 Å². The van der Waals surface area contributed by atoms with Gasteiger partial charge in [-0.15, -0.1) is 0 Å². The molecule has 0 bridgehead atoms. The van der Waals surface area contributed by atoms with Crippen LogP contribution in [0.3, 0.4) is 0 Å². The molecule has 7 atom stereocenters. The fraction of sp³-hybridized carbons (Fsp3) is 1.00. The fourth-order valence-corrected chi connectivity index (χ4v) is 15.7. The van der Waals surface area contributed by atoms with Crippen molar-refractivity contribution in [1.82, 2.24) is 0 Å². The number of hydrogen-bond acceptors (Lipinski definition) is 0. The lowest BCUT2D eigenvalue weighted by Crippen LogP contribution is -2.46. The van der Waals surface area contributed by atoms with Gasteiger partial charge in [-0.25, -0.2) is 0 Å². The van der Waals surface area contributed by atoms with Gasteiger partial charge in [0.1, 0.15) is 0 Å². The highest BCUT2D eigenvalue weighted by atomic mass is 28.3. The van der Waals surface area contributed by atoms with E-state index in [1.54, 1.807) is 83.5 Å². The van der Waals surface area contributed by atoms with E-state index in [9.17, 15) is 0 Å². The van der Waals surface area contributed by atoms with Crippen LogP contribution in [0.15, 0.2) is 0 Å². The highest BCUT2D eigenvalue weighted by Crippen LogP contribution is 2.66. The summed E-state index contributed by atoms with van der Waals surface area (Å²) in [5, 5.41) is 0. The van der Waals surface area contributed by atoms with Crippen LogP contribution in [-0.4, -0.2) is 8.07 Å². The Hall–Kier alpha value is 0.217. The standard InChI is InChI=1S/C26H46Si/c1-18-16-23-24(26(18)27(2,3)21-13-7-8-14-21)17-20-12-9-15-22(20)25(23)19-10-5-4-6-11-19/h18-26H,4-17H2,1-3H3. The molecule has 5 rings (SSSR count). The second-order valence-electron chi connectivity index (χ2n) is 12.4. The van der Waals surface area contributed by atoms with Crippen molar-refractivity contribution in [3.8, 4) is 0 Å². The van der Waals surface area contributed by atoms with Crippen molar-refractivity contribution in [2.75, 3.05) is 0 Å². The van der Waals surface area contributed by atoms with Crippen LogP contribution in [0, 0.1) is 41.4 Å². The van der Waals surface area contributed by atoms with E-state index in [2.05, 4.69) is 20.0 Å². The molecule has 5 aliphatic rings. The van der Waals surface area contributed by atoms with Gasteiger partial charge in [-0.05, 0) is 71.8 Å². The molecule has 0 aliphatic heterocycles. The maximum absolute atomic E-state index is 2.85. The first-order chi connectivity index (χ1) is 13.1. The molecule has 0 aromatic rings. The molecule has 5 fully saturated rings. The average molecular weight is 387 g/mol. The van der Waals surface area contributed by atoms with E-state index < -0.39 is 8.07 Å². The van der Waals surface area contributed by atoms with Crippen molar-refractivity contribution in [1.29, 1.82) is 0 Å². The van der Waals surface area contributed by atoms with Crippen molar-refractivity contribution >= 4 is 8.07 Å². The highest BCUT2D eigenvalue weighted by Gasteiger charge is 2.58. The van der Waals surface area contributed by atoms with E-state index in [0.29, 0.717) is 0 Å². The molecule has 5 aliphatic carbocycles. The summed E-state index contributed by atoms with van der Waals surface area (Å²) < 4.78 is 0. The lowest BCUT2D eigenvalue weighted by Gasteiger charge is -2.51. The van der Waals surface area contributed by atoms with E-state index in [4.69, 9.17) is 0 Å². The third kappa shape index (κ3) is 3.21. The van der Waals surface area contributed by atoms with Gasteiger partial charge in [0.2, 0.25) is 0 Å². The van der Waals surface area contributed by atoms with Gasteiger partial charge in [-0.1, -0.05) is 90.6 Å². The smallest absolute Gasteiger partial charge is 0.0541 e. The van der Waals surface area contributed by atoms with Gasteiger partial charge < -0.3 is 0 Å². The fourth-order valence-electron chi connectivity index (χ4n) is 10.2. The lowest BCUT2D eigenvalue weighted by molar-refractivity contribution is 0.0158. The molecule has 154 valence electrons. The minimum absolute atomic E-state index is 1.05. The van der Waals surface area contributed by atoms with Crippen LogP contribution in [-0.2, 0) is 0 Å². The Balaban J connectivity index is 1.44. The van der Waals surface area contributed by atoms with E-state index in [0.717, 1.165) is 47.0 Å². The van der Waals surface area contributed by atoms with Gasteiger partial charge >= 0.3 is 0 Å². The zero-order valence-electron chi connectivity index (χ0n) is 18.6. The Morgan fingerprint density at radius 3 is 2.00 bits per heavy atom. The zero-order valence-corrected chi connectivity index (χ0v) is 19.6. The van der Waals surface area contributed by atoms with E-state index in [-0.39, 0.29) is 0 Å². The van der Waals surface area contributed by atoms with Gasteiger partial charge in [0.15, 0.2) is 0 Å². The van der Waals surface area contributed by atoms with Crippen molar-refractivity contribution in [3.63, 3.8) is 0 Å². The normalized spacial score (nSPS) is 46.6. The first-order valence-corrected chi connectivity index (χ1v) is 16.2. The molecular weight excluding hydrogens is 340 g/mol.